The number of para-hydroxylation sites is 1. The number of hydrogen-bond donors (Lipinski definition) is 2. The highest BCUT2D eigenvalue weighted by Gasteiger charge is 2.08. The van der Waals surface area contributed by atoms with E-state index < -0.39 is 0 Å². The van der Waals surface area contributed by atoms with E-state index in [0.29, 0.717) is 19.0 Å². The highest BCUT2D eigenvalue weighted by molar-refractivity contribution is 5.79. The van der Waals surface area contributed by atoms with Crippen molar-refractivity contribution in [2.24, 2.45) is 4.99 Å². The average Bonchev–Trinajstić information content (AvgIpc) is 2.98. The van der Waals surface area contributed by atoms with Crippen LogP contribution in [0.1, 0.15) is 12.5 Å². The first-order chi connectivity index (χ1) is 11.6. The van der Waals surface area contributed by atoms with Crippen LogP contribution in [0.15, 0.2) is 41.7 Å². The number of halogens is 1. The Bertz CT molecular complexity index is 671. The quantitative estimate of drug-likeness (QED) is 0.601. The van der Waals surface area contributed by atoms with Gasteiger partial charge in [0.2, 0.25) is 0 Å². The molecule has 0 aliphatic heterocycles. The summed E-state index contributed by atoms with van der Waals surface area (Å²) in [4.78, 5) is 4.16. The fourth-order valence-corrected chi connectivity index (χ4v) is 2.14. The number of nitrogens with zero attached hydrogens (tertiary/aromatic N) is 3. The molecule has 0 bridgehead atoms. The van der Waals surface area contributed by atoms with Gasteiger partial charge in [0, 0.05) is 19.8 Å². The maximum absolute atomic E-state index is 13.6. The second-order valence-corrected chi connectivity index (χ2v) is 5.52. The van der Waals surface area contributed by atoms with E-state index in [-0.39, 0.29) is 17.7 Å². The second-order valence-electron chi connectivity index (χ2n) is 5.52. The summed E-state index contributed by atoms with van der Waals surface area (Å²) in [7, 11) is 1.70. The molecule has 2 aromatic rings. The first kappa shape index (κ1) is 17.8. The van der Waals surface area contributed by atoms with E-state index >= 15 is 0 Å². The number of rotatable bonds is 7. The van der Waals surface area contributed by atoms with Crippen LogP contribution in [-0.4, -0.2) is 42.0 Å². The highest BCUT2D eigenvalue weighted by atomic mass is 19.1. The smallest absolute Gasteiger partial charge is 0.191 e. The summed E-state index contributed by atoms with van der Waals surface area (Å²) >= 11 is 0. The summed E-state index contributed by atoms with van der Waals surface area (Å²) in [6, 6.07) is 6.38. The van der Waals surface area contributed by atoms with Crippen LogP contribution < -0.4 is 15.4 Å². The number of guanidine groups is 1. The van der Waals surface area contributed by atoms with E-state index in [4.69, 9.17) is 4.74 Å². The maximum atomic E-state index is 13.6. The third-order valence-electron chi connectivity index (χ3n) is 3.34. The zero-order valence-electron chi connectivity index (χ0n) is 14.3. The van der Waals surface area contributed by atoms with Crippen LogP contribution in [0.25, 0.3) is 0 Å². The molecule has 2 N–H and O–H groups in total. The molecule has 1 heterocycles. The molecule has 1 aromatic heterocycles. The van der Waals surface area contributed by atoms with E-state index in [1.54, 1.807) is 25.2 Å². The van der Waals surface area contributed by atoms with E-state index in [0.717, 1.165) is 12.1 Å². The van der Waals surface area contributed by atoms with Crippen molar-refractivity contribution in [3.05, 3.63) is 48.0 Å². The van der Waals surface area contributed by atoms with E-state index in [1.165, 1.54) is 6.07 Å². The van der Waals surface area contributed by atoms with Gasteiger partial charge in [-0.1, -0.05) is 12.1 Å². The van der Waals surface area contributed by atoms with Crippen LogP contribution in [-0.2, 0) is 6.54 Å². The van der Waals surface area contributed by atoms with E-state index in [2.05, 4.69) is 20.7 Å². The van der Waals surface area contributed by atoms with Crippen molar-refractivity contribution in [1.29, 1.82) is 0 Å². The normalized spacial score (nSPS) is 12.8. The minimum atomic E-state index is -0.360. The minimum Gasteiger partial charge on any atom is -0.486 e. The van der Waals surface area contributed by atoms with Crippen LogP contribution in [0.2, 0.25) is 0 Å². The lowest BCUT2D eigenvalue weighted by molar-refractivity contribution is 0.214. The monoisotopic (exact) mass is 333 g/mol. The summed E-state index contributed by atoms with van der Waals surface area (Å²) in [6.45, 7) is 5.83. The van der Waals surface area contributed by atoms with Crippen LogP contribution >= 0.6 is 0 Å². The Morgan fingerprint density at radius 2 is 2.17 bits per heavy atom. The van der Waals surface area contributed by atoms with Crippen molar-refractivity contribution < 1.29 is 9.13 Å². The molecule has 7 heteroatoms. The predicted molar refractivity (Wildman–Crippen MR) is 92.8 cm³/mol. The van der Waals surface area contributed by atoms with Crippen LogP contribution in [0.5, 0.6) is 5.75 Å². The van der Waals surface area contributed by atoms with Gasteiger partial charge in [0.1, 0.15) is 6.10 Å². The molecular weight excluding hydrogens is 309 g/mol. The van der Waals surface area contributed by atoms with Crippen molar-refractivity contribution >= 4 is 5.96 Å². The Labute approximate surface area is 141 Å². The van der Waals surface area contributed by atoms with Crippen molar-refractivity contribution in [3.8, 4) is 5.75 Å². The molecule has 2 rings (SSSR count). The molecule has 0 saturated heterocycles. The zero-order valence-corrected chi connectivity index (χ0v) is 14.3. The predicted octanol–water partition coefficient (Wildman–Crippen LogP) is 1.96. The summed E-state index contributed by atoms with van der Waals surface area (Å²) in [5.41, 5.74) is 1.14. The van der Waals surface area contributed by atoms with Gasteiger partial charge in [0.25, 0.3) is 0 Å². The van der Waals surface area contributed by atoms with Crippen LogP contribution in [0.4, 0.5) is 4.39 Å². The number of hydrogen-bond acceptors (Lipinski definition) is 3. The first-order valence-electron chi connectivity index (χ1n) is 7.93. The fourth-order valence-electron chi connectivity index (χ4n) is 2.14. The van der Waals surface area contributed by atoms with Gasteiger partial charge in [-0.05, 0) is 31.5 Å². The molecule has 0 amide bonds. The van der Waals surface area contributed by atoms with E-state index in [1.807, 2.05) is 30.9 Å². The van der Waals surface area contributed by atoms with Gasteiger partial charge >= 0.3 is 0 Å². The summed E-state index contributed by atoms with van der Waals surface area (Å²) in [5, 5.41) is 10.6. The van der Waals surface area contributed by atoms with Crippen molar-refractivity contribution in [2.45, 2.75) is 26.5 Å². The fraction of sp³-hybridized carbons (Fsp3) is 0.412. The Kier molecular flexibility index (Phi) is 6.60. The number of nitrogens with one attached hydrogen (secondary N) is 2. The number of aromatic nitrogens is 2. The molecule has 1 unspecified atom stereocenters. The Balaban J connectivity index is 1.71. The number of ether oxygens (including phenoxy) is 1. The molecule has 0 fully saturated rings. The lowest BCUT2D eigenvalue weighted by Gasteiger charge is -2.18. The third-order valence-corrected chi connectivity index (χ3v) is 3.34. The minimum absolute atomic E-state index is 0.200. The lowest BCUT2D eigenvalue weighted by Crippen LogP contribution is -2.42. The average molecular weight is 333 g/mol. The molecule has 6 nitrogen and oxygen atoms in total. The molecule has 0 spiro atoms. The van der Waals surface area contributed by atoms with Gasteiger partial charge in [-0.2, -0.15) is 5.10 Å². The number of benzene rings is 1. The van der Waals surface area contributed by atoms with Gasteiger partial charge in [0.15, 0.2) is 17.5 Å². The van der Waals surface area contributed by atoms with Crippen LogP contribution in [0, 0.1) is 12.7 Å². The molecule has 130 valence electrons. The van der Waals surface area contributed by atoms with Crippen molar-refractivity contribution in [3.63, 3.8) is 0 Å². The molecule has 0 saturated carbocycles. The summed E-state index contributed by atoms with van der Waals surface area (Å²) in [5.74, 6) is 0.563. The molecular formula is C17H24FN5O. The maximum Gasteiger partial charge on any atom is 0.191 e. The topological polar surface area (TPSA) is 63.5 Å². The number of aliphatic imine (C=N–C) groups is 1. The standard InChI is InChI=1S/C17H24FN5O/c1-13-10-22-23(12-13)9-8-20-17(19-3)21-11-14(2)24-16-7-5-4-6-15(16)18/h4-7,10,12,14H,8-9,11H2,1-3H3,(H2,19,20,21). The summed E-state index contributed by atoms with van der Waals surface area (Å²) < 4.78 is 21.0. The Hall–Kier alpha value is -2.57. The Morgan fingerprint density at radius 3 is 2.83 bits per heavy atom. The Morgan fingerprint density at radius 1 is 1.38 bits per heavy atom. The first-order valence-corrected chi connectivity index (χ1v) is 7.93. The van der Waals surface area contributed by atoms with Gasteiger partial charge in [0.05, 0.1) is 19.3 Å². The molecule has 1 atom stereocenters. The summed E-state index contributed by atoms with van der Waals surface area (Å²) in [6.07, 6.45) is 3.62. The number of aryl methyl sites for hydroxylation is 1. The lowest BCUT2D eigenvalue weighted by atomic mass is 10.3. The van der Waals surface area contributed by atoms with Gasteiger partial charge in [-0.25, -0.2) is 4.39 Å². The van der Waals surface area contributed by atoms with Crippen LogP contribution in [0.3, 0.4) is 0 Å². The third kappa shape index (κ3) is 5.57. The molecule has 0 aliphatic rings. The molecule has 1 aromatic carbocycles. The van der Waals surface area contributed by atoms with Gasteiger partial charge in [-0.3, -0.25) is 9.67 Å². The SMILES string of the molecule is CN=C(NCCn1cc(C)cn1)NCC(C)Oc1ccccc1F. The zero-order chi connectivity index (χ0) is 17.4. The molecule has 0 aliphatic carbocycles. The van der Waals surface area contributed by atoms with Crippen molar-refractivity contribution in [1.82, 2.24) is 20.4 Å². The van der Waals surface area contributed by atoms with Crippen molar-refractivity contribution in [2.75, 3.05) is 20.1 Å². The molecule has 0 radical (unpaired) electrons. The second kappa shape index (κ2) is 8.90. The largest absolute Gasteiger partial charge is 0.486 e. The molecule has 24 heavy (non-hydrogen) atoms. The van der Waals surface area contributed by atoms with Gasteiger partial charge in [-0.15, -0.1) is 0 Å². The van der Waals surface area contributed by atoms with Gasteiger partial charge < -0.3 is 15.4 Å². The highest BCUT2D eigenvalue weighted by Crippen LogP contribution is 2.16. The van der Waals surface area contributed by atoms with E-state index in [9.17, 15) is 4.39 Å².